The van der Waals surface area contributed by atoms with E-state index in [1.54, 1.807) is 15.7 Å². The molecule has 4 heteroatoms. The van der Waals surface area contributed by atoms with Crippen molar-refractivity contribution < 1.29 is 0 Å². The van der Waals surface area contributed by atoms with Crippen molar-refractivity contribution >= 4 is 0 Å². The van der Waals surface area contributed by atoms with Crippen molar-refractivity contribution in [1.82, 2.24) is 14.3 Å². The van der Waals surface area contributed by atoms with Gasteiger partial charge in [-0.15, -0.1) is 0 Å². The molecule has 1 aromatic heterocycles. The Balaban J connectivity index is 2.13. The second-order valence-electron chi connectivity index (χ2n) is 3.40. The fraction of sp³-hybridized carbons (Fsp3) is 0.556. The summed E-state index contributed by atoms with van der Waals surface area (Å²) in [5, 5.41) is 0. The number of hydrogen-bond donors (Lipinski definition) is 0. The fourth-order valence-electron chi connectivity index (χ4n) is 1.40. The lowest BCUT2D eigenvalue weighted by atomic mass is 9.92. The van der Waals surface area contributed by atoms with Gasteiger partial charge < -0.3 is 0 Å². The van der Waals surface area contributed by atoms with E-state index in [-0.39, 0.29) is 5.69 Å². The molecule has 1 aromatic rings. The molecular formula is C9H13N3O. The first-order valence-corrected chi connectivity index (χ1v) is 4.54. The van der Waals surface area contributed by atoms with Crippen LogP contribution in [0.3, 0.4) is 0 Å². The van der Waals surface area contributed by atoms with Gasteiger partial charge in [0.1, 0.15) is 6.33 Å². The van der Waals surface area contributed by atoms with Gasteiger partial charge in [-0.2, -0.15) is 4.98 Å². The zero-order valence-electron chi connectivity index (χ0n) is 7.73. The maximum absolute atomic E-state index is 11.2. The smallest absolute Gasteiger partial charge is 0.273 e. The third-order valence-corrected chi connectivity index (χ3v) is 2.49. The summed E-state index contributed by atoms with van der Waals surface area (Å²) in [4.78, 5) is 14.8. The Morgan fingerprint density at radius 3 is 2.85 bits per heavy atom. The molecule has 0 aromatic carbocycles. The summed E-state index contributed by atoms with van der Waals surface area (Å²) < 4.78 is 3.34. The molecule has 1 aliphatic carbocycles. The number of hydrogen-bond acceptors (Lipinski definition) is 2. The molecule has 0 unspecified atom stereocenters. The van der Waals surface area contributed by atoms with Crippen LogP contribution in [0.5, 0.6) is 0 Å². The standard InChI is InChI=1S/C9H13N3O/c1-11-7-10-9(13)12(11)6-5-8-3-2-4-8/h5,7H,2-4,6H2,1H3. The molecular weight excluding hydrogens is 166 g/mol. The number of aryl methyl sites for hydroxylation is 1. The highest BCUT2D eigenvalue weighted by atomic mass is 16.2. The predicted octanol–water partition coefficient (Wildman–Crippen LogP) is 0.692. The van der Waals surface area contributed by atoms with Crippen LogP contribution in [-0.2, 0) is 13.6 Å². The molecule has 1 fully saturated rings. The predicted molar refractivity (Wildman–Crippen MR) is 49.4 cm³/mol. The van der Waals surface area contributed by atoms with E-state index in [0.29, 0.717) is 6.54 Å². The Kier molecular flexibility index (Phi) is 2.04. The van der Waals surface area contributed by atoms with E-state index in [1.807, 2.05) is 7.05 Å². The second kappa shape index (κ2) is 3.20. The zero-order chi connectivity index (χ0) is 9.26. The molecule has 0 atom stereocenters. The van der Waals surface area contributed by atoms with Gasteiger partial charge in [0.05, 0.1) is 6.54 Å². The molecule has 13 heavy (non-hydrogen) atoms. The Hall–Kier alpha value is -1.32. The lowest BCUT2D eigenvalue weighted by Crippen LogP contribution is -2.22. The van der Waals surface area contributed by atoms with E-state index < -0.39 is 0 Å². The average Bonchev–Trinajstić information content (AvgIpc) is 2.32. The summed E-state index contributed by atoms with van der Waals surface area (Å²) in [6.45, 7) is 0.657. The van der Waals surface area contributed by atoms with Crippen molar-refractivity contribution in [3.63, 3.8) is 0 Å². The molecule has 70 valence electrons. The normalized spacial score (nSPS) is 15.6. The molecule has 4 nitrogen and oxygen atoms in total. The van der Waals surface area contributed by atoms with Crippen LogP contribution in [0.25, 0.3) is 0 Å². The topological polar surface area (TPSA) is 39.8 Å². The van der Waals surface area contributed by atoms with Crippen molar-refractivity contribution in [3.05, 3.63) is 28.5 Å². The quantitative estimate of drug-likeness (QED) is 0.627. The average molecular weight is 179 g/mol. The fourth-order valence-corrected chi connectivity index (χ4v) is 1.40. The lowest BCUT2D eigenvalue weighted by Gasteiger charge is -2.16. The number of rotatable bonds is 2. The minimum absolute atomic E-state index is 0.168. The minimum atomic E-state index is -0.168. The van der Waals surface area contributed by atoms with Gasteiger partial charge in [0.25, 0.3) is 0 Å². The van der Waals surface area contributed by atoms with Gasteiger partial charge in [0.15, 0.2) is 0 Å². The zero-order valence-corrected chi connectivity index (χ0v) is 7.73. The van der Waals surface area contributed by atoms with Gasteiger partial charge in [-0.05, 0) is 19.3 Å². The number of aromatic nitrogens is 3. The summed E-state index contributed by atoms with van der Waals surface area (Å²) in [5.41, 5.74) is 1.30. The van der Waals surface area contributed by atoms with Crippen molar-refractivity contribution in [1.29, 1.82) is 0 Å². The number of allylic oxidation sites excluding steroid dienone is 2. The minimum Gasteiger partial charge on any atom is -0.273 e. The van der Waals surface area contributed by atoms with E-state index in [0.717, 1.165) is 0 Å². The van der Waals surface area contributed by atoms with Crippen molar-refractivity contribution in [2.24, 2.45) is 7.05 Å². The lowest BCUT2D eigenvalue weighted by molar-refractivity contribution is 0.534. The molecule has 0 N–H and O–H groups in total. The van der Waals surface area contributed by atoms with Crippen LogP contribution in [0.15, 0.2) is 22.8 Å². The molecule has 0 amide bonds. The van der Waals surface area contributed by atoms with E-state index >= 15 is 0 Å². The molecule has 2 rings (SSSR count). The van der Waals surface area contributed by atoms with Crippen LogP contribution < -0.4 is 5.69 Å². The van der Waals surface area contributed by atoms with Gasteiger partial charge in [0.2, 0.25) is 0 Å². The van der Waals surface area contributed by atoms with Crippen molar-refractivity contribution in [3.8, 4) is 0 Å². The summed E-state index contributed by atoms with van der Waals surface area (Å²) in [6, 6.07) is 0. The summed E-state index contributed by atoms with van der Waals surface area (Å²) in [6.07, 6.45) is 7.37. The SMILES string of the molecule is Cn1cnc(=O)n1CC=C1CCC1. The number of nitrogens with zero attached hydrogens (tertiary/aromatic N) is 3. The molecule has 1 saturated carbocycles. The molecule has 0 bridgehead atoms. The summed E-state index contributed by atoms with van der Waals surface area (Å²) in [5.74, 6) is 0. The van der Waals surface area contributed by atoms with Crippen molar-refractivity contribution in [2.45, 2.75) is 25.8 Å². The van der Waals surface area contributed by atoms with Gasteiger partial charge in [-0.3, -0.25) is 4.68 Å². The van der Waals surface area contributed by atoms with Crippen LogP contribution >= 0.6 is 0 Å². The third kappa shape index (κ3) is 1.56. The Morgan fingerprint density at radius 2 is 2.38 bits per heavy atom. The molecule has 0 saturated heterocycles. The maximum atomic E-state index is 11.2. The highest BCUT2D eigenvalue weighted by molar-refractivity contribution is 5.08. The molecule has 0 spiro atoms. The Labute approximate surface area is 76.5 Å². The van der Waals surface area contributed by atoms with Crippen LogP contribution in [0, 0.1) is 0 Å². The van der Waals surface area contributed by atoms with Gasteiger partial charge in [0, 0.05) is 7.05 Å². The largest absolute Gasteiger partial charge is 0.364 e. The summed E-state index contributed by atoms with van der Waals surface area (Å²) >= 11 is 0. The highest BCUT2D eigenvalue weighted by Crippen LogP contribution is 2.24. The van der Waals surface area contributed by atoms with Crippen molar-refractivity contribution in [2.75, 3.05) is 0 Å². The molecule has 1 aliphatic rings. The van der Waals surface area contributed by atoms with Crippen LogP contribution in [-0.4, -0.2) is 14.3 Å². The van der Waals surface area contributed by atoms with Gasteiger partial charge in [-0.25, -0.2) is 9.48 Å². The maximum Gasteiger partial charge on any atom is 0.364 e. The van der Waals surface area contributed by atoms with Crippen LogP contribution in [0.4, 0.5) is 0 Å². The Bertz CT molecular complexity index is 380. The van der Waals surface area contributed by atoms with Gasteiger partial charge in [-0.1, -0.05) is 11.6 Å². The third-order valence-electron chi connectivity index (χ3n) is 2.49. The van der Waals surface area contributed by atoms with Gasteiger partial charge >= 0.3 is 5.69 Å². The van der Waals surface area contributed by atoms with E-state index in [2.05, 4.69) is 11.1 Å². The first-order chi connectivity index (χ1) is 6.27. The van der Waals surface area contributed by atoms with E-state index in [4.69, 9.17) is 0 Å². The first-order valence-electron chi connectivity index (χ1n) is 4.54. The monoisotopic (exact) mass is 179 g/mol. The second-order valence-corrected chi connectivity index (χ2v) is 3.40. The Morgan fingerprint density at radius 1 is 1.62 bits per heavy atom. The van der Waals surface area contributed by atoms with E-state index in [1.165, 1.54) is 24.8 Å². The molecule has 0 aliphatic heterocycles. The molecule has 1 heterocycles. The molecule has 0 radical (unpaired) electrons. The highest BCUT2D eigenvalue weighted by Gasteiger charge is 2.07. The van der Waals surface area contributed by atoms with Crippen LogP contribution in [0.1, 0.15) is 19.3 Å². The first kappa shape index (κ1) is 8.29. The van der Waals surface area contributed by atoms with Crippen LogP contribution in [0.2, 0.25) is 0 Å². The summed E-state index contributed by atoms with van der Waals surface area (Å²) in [7, 11) is 1.83. The van der Waals surface area contributed by atoms with E-state index in [9.17, 15) is 4.79 Å².